The van der Waals surface area contributed by atoms with Gasteiger partial charge in [0.2, 0.25) is 0 Å². The van der Waals surface area contributed by atoms with Crippen molar-refractivity contribution in [2.45, 2.75) is 0 Å². The van der Waals surface area contributed by atoms with E-state index in [1.54, 1.807) is 25.3 Å². The van der Waals surface area contributed by atoms with Gasteiger partial charge in [-0.2, -0.15) is 0 Å². The van der Waals surface area contributed by atoms with Crippen LogP contribution in [0.15, 0.2) is 42.5 Å². The molecule has 0 aliphatic heterocycles. The number of carbonyl (C=O) groups is 1. The van der Waals surface area contributed by atoms with Gasteiger partial charge in [0.05, 0.1) is 7.11 Å². The van der Waals surface area contributed by atoms with Crippen LogP contribution in [0.4, 0.5) is 0 Å². The first-order valence-corrected chi connectivity index (χ1v) is 4.71. The molecule has 0 bridgehead atoms. The Morgan fingerprint density at radius 2 is 2.00 bits per heavy atom. The first-order chi connectivity index (χ1) is 7.17. The van der Waals surface area contributed by atoms with Gasteiger partial charge in [-0.3, -0.25) is 4.79 Å². The molecule has 0 amide bonds. The SMILES string of the molecule is C=C(C=O)/C=C(\OC)c1ccc(Cl)cc1. The van der Waals surface area contributed by atoms with Crippen molar-refractivity contribution >= 4 is 23.6 Å². The number of hydrogen-bond acceptors (Lipinski definition) is 2. The van der Waals surface area contributed by atoms with E-state index in [0.717, 1.165) is 5.56 Å². The molecule has 1 rings (SSSR count). The average molecular weight is 223 g/mol. The van der Waals surface area contributed by atoms with Crippen LogP contribution < -0.4 is 0 Å². The van der Waals surface area contributed by atoms with Gasteiger partial charge in [0.25, 0.3) is 0 Å². The highest BCUT2D eigenvalue weighted by atomic mass is 35.5. The molecule has 0 atom stereocenters. The molecular formula is C12H11ClO2. The van der Waals surface area contributed by atoms with E-state index in [0.29, 0.717) is 22.6 Å². The van der Waals surface area contributed by atoms with Gasteiger partial charge in [-0.1, -0.05) is 18.2 Å². The monoisotopic (exact) mass is 222 g/mol. The van der Waals surface area contributed by atoms with Crippen LogP contribution in [0.1, 0.15) is 5.56 Å². The quantitative estimate of drug-likeness (QED) is 0.339. The summed E-state index contributed by atoms with van der Waals surface area (Å²) >= 11 is 5.76. The standard InChI is InChI=1S/C12H11ClO2/c1-9(8-14)7-12(15-2)10-3-5-11(13)6-4-10/h3-8H,1H2,2H3/b12-7-. The summed E-state index contributed by atoms with van der Waals surface area (Å²) in [4.78, 5) is 10.4. The second-order valence-electron chi connectivity index (χ2n) is 2.91. The topological polar surface area (TPSA) is 26.3 Å². The van der Waals surface area contributed by atoms with E-state index >= 15 is 0 Å². The lowest BCUT2D eigenvalue weighted by Crippen LogP contribution is -1.89. The summed E-state index contributed by atoms with van der Waals surface area (Å²) in [6.45, 7) is 3.55. The van der Waals surface area contributed by atoms with Crippen LogP contribution in [-0.2, 0) is 9.53 Å². The van der Waals surface area contributed by atoms with Crippen LogP contribution in [0.5, 0.6) is 0 Å². The number of hydrogen-bond donors (Lipinski definition) is 0. The van der Waals surface area contributed by atoms with Crippen LogP contribution >= 0.6 is 11.6 Å². The number of carbonyl (C=O) groups excluding carboxylic acids is 1. The minimum atomic E-state index is 0.363. The second-order valence-corrected chi connectivity index (χ2v) is 3.35. The van der Waals surface area contributed by atoms with E-state index in [2.05, 4.69) is 6.58 Å². The van der Waals surface area contributed by atoms with Crippen LogP contribution in [0, 0.1) is 0 Å². The highest BCUT2D eigenvalue weighted by molar-refractivity contribution is 6.30. The van der Waals surface area contributed by atoms with Crippen LogP contribution in [0.25, 0.3) is 5.76 Å². The maximum Gasteiger partial charge on any atom is 0.149 e. The average Bonchev–Trinajstić information content (AvgIpc) is 2.27. The third-order valence-corrected chi connectivity index (χ3v) is 2.07. The molecule has 0 heterocycles. The van der Waals surface area contributed by atoms with Gasteiger partial charge >= 0.3 is 0 Å². The minimum absolute atomic E-state index is 0.363. The fraction of sp³-hybridized carbons (Fsp3) is 0.0833. The van der Waals surface area contributed by atoms with E-state index in [-0.39, 0.29) is 0 Å². The largest absolute Gasteiger partial charge is 0.496 e. The smallest absolute Gasteiger partial charge is 0.149 e. The third kappa shape index (κ3) is 3.26. The molecule has 15 heavy (non-hydrogen) atoms. The number of aldehydes is 1. The lowest BCUT2D eigenvalue weighted by Gasteiger charge is -2.05. The zero-order chi connectivity index (χ0) is 11.3. The number of methoxy groups -OCH3 is 1. The molecule has 1 aromatic rings. The van der Waals surface area contributed by atoms with Crippen LogP contribution in [0.3, 0.4) is 0 Å². The maximum absolute atomic E-state index is 10.4. The van der Waals surface area contributed by atoms with Gasteiger partial charge in [0, 0.05) is 16.2 Å². The summed E-state index contributed by atoms with van der Waals surface area (Å²) in [5.41, 5.74) is 1.21. The van der Waals surface area contributed by atoms with Gasteiger partial charge < -0.3 is 4.74 Å². The van der Waals surface area contributed by atoms with E-state index in [1.807, 2.05) is 12.1 Å². The molecule has 0 spiro atoms. The first kappa shape index (κ1) is 11.5. The minimum Gasteiger partial charge on any atom is -0.496 e. The molecule has 0 N–H and O–H groups in total. The summed E-state index contributed by atoms with van der Waals surface area (Å²) in [6, 6.07) is 7.15. The molecule has 0 fully saturated rings. The van der Waals surface area contributed by atoms with Crippen molar-refractivity contribution < 1.29 is 9.53 Å². The molecular weight excluding hydrogens is 212 g/mol. The summed E-state index contributed by atoms with van der Waals surface area (Å²) in [6.07, 6.45) is 2.26. The Kier molecular flexibility index (Phi) is 4.13. The molecule has 0 aliphatic rings. The first-order valence-electron chi connectivity index (χ1n) is 4.33. The van der Waals surface area contributed by atoms with Crippen molar-refractivity contribution in [3.8, 4) is 0 Å². The van der Waals surface area contributed by atoms with Gasteiger partial charge in [-0.05, 0) is 30.3 Å². The molecule has 0 saturated heterocycles. The Bertz CT molecular complexity index is 391. The number of ether oxygens (including phenoxy) is 1. The van der Waals surface area contributed by atoms with Crippen molar-refractivity contribution in [2.75, 3.05) is 7.11 Å². The Morgan fingerprint density at radius 1 is 1.40 bits per heavy atom. The predicted molar refractivity (Wildman–Crippen MR) is 61.6 cm³/mol. The fourth-order valence-electron chi connectivity index (χ4n) is 1.08. The summed E-state index contributed by atoms with van der Waals surface area (Å²) < 4.78 is 5.15. The molecule has 0 saturated carbocycles. The molecule has 0 radical (unpaired) electrons. The van der Waals surface area contributed by atoms with Crippen molar-refractivity contribution in [1.82, 2.24) is 0 Å². The maximum atomic E-state index is 10.4. The molecule has 78 valence electrons. The Labute approximate surface area is 93.8 Å². The molecule has 3 heteroatoms. The van der Waals surface area contributed by atoms with Crippen molar-refractivity contribution in [3.63, 3.8) is 0 Å². The van der Waals surface area contributed by atoms with E-state index < -0.39 is 0 Å². The summed E-state index contributed by atoms with van der Waals surface area (Å²) in [7, 11) is 1.54. The normalized spacial score (nSPS) is 10.9. The highest BCUT2D eigenvalue weighted by Crippen LogP contribution is 2.18. The molecule has 0 aromatic heterocycles. The van der Waals surface area contributed by atoms with Gasteiger partial charge in [-0.15, -0.1) is 0 Å². The molecule has 1 aromatic carbocycles. The van der Waals surface area contributed by atoms with Crippen molar-refractivity contribution in [3.05, 3.63) is 53.1 Å². The van der Waals surface area contributed by atoms with E-state index in [9.17, 15) is 4.79 Å². The molecule has 0 aliphatic carbocycles. The second kappa shape index (κ2) is 5.37. The number of benzene rings is 1. The molecule has 0 unspecified atom stereocenters. The zero-order valence-corrected chi connectivity index (χ0v) is 9.12. The number of rotatable bonds is 4. The zero-order valence-electron chi connectivity index (χ0n) is 8.37. The number of halogens is 1. The summed E-state index contributed by atoms with van der Waals surface area (Å²) in [5, 5.41) is 0.656. The Morgan fingerprint density at radius 3 is 2.47 bits per heavy atom. The summed E-state index contributed by atoms with van der Waals surface area (Å²) in [5.74, 6) is 0.587. The Hall–Kier alpha value is -1.54. The van der Waals surface area contributed by atoms with Crippen molar-refractivity contribution in [2.24, 2.45) is 0 Å². The van der Waals surface area contributed by atoms with E-state index in [1.165, 1.54) is 0 Å². The predicted octanol–water partition coefficient (Wildman–Crippen LogP) is 3.08. The lowest BCUT2D eigenvalue weighted by atomic mass is 10.1. The van der Waals surface area contributed by atoms with Crippen LogP contribution in [0.2, 0.25) is 5.02 Å². The highest BCUT2D eigenvalue weighted by Gasteiger charge is 2.01. The van der Waals surface area contributed by atoms with Crippen LogP contribution in [-0.4, -0.2) is 13.4 Å². The third-order valence-electron chi connectivity index (χ3n) is 1.82. The van der Waals surface area contributed by atoms with Crippen molar-refractivity contribution in [1.29, 1.82) is 0 Å². The van der Waals surface area contributed by atoms with E-state index in [4.69, 9.17) is 16.3 Å². The fourth-order valence-corrected chi connectivity index (χ4v) is 1.20. The number of allylic oxidation sites excluding steroid dienone is 2. The van der Waals surface area contributed by atoms with Gasteiger partial charge in [0.1, 0.15) is 12.0 Å². The lowest BCUT2D eigenvalue weighted by molar-refractivity contribution is -0.104. The molecule has 2 nitrogen and oxygen atoms in total. The van der Waals surface area contributed by atoms with Gasteiger partial charge in [0.15, 0.2) is 0 Å². The van der Waals surface area contributed by atoms with Gasteiger partial charge in [-0.25, -0.2) is 0 Å². The Balaban J connectivity index is 3.02.